The SMILES string of the molecule is C[SH](N)(=O)c1cccc([N+](=O)[O-])c1. The fraction of sp³-hybridized carbons (Fsp3) is 0.143. The molecule has 6 heteroatoms. The molecule has 72 valence electrons. The Bertz CT molecular complexity index is 385. The molecule has 13 heavy (non-hydrogen) atoms. The number of nitro benzene ring substituents is 1. The first kappa shape index (κ1) is 9.82. The smallest absolute Gasteiger partial charge is 0.270 e. The van der Waals surface area contributed by atoms with Crippen LogP contribution in [0.5, 0.6) is 0 Å². The zero-order chi connectivity index (χ0) is 10.1. The Hall–Kier alpha value is -1.27. The third kappa shape index (κ3) is 2.33. The van der Waals surface area contributed by atoms with Crippen LogP contribution in [0.1, 0.15) is 0 Å². The van der Waals surface area contributed by atoms with E-state index in [1.54, 1.807) is 0 Å². The average Bonchev–Trinajstić information content (AvgIpc) is 2.03. The van der Waals surface area contributed by atoms with Crippen molar-refractivity contribution in [2.45, 2.75) is 4.90 Å². The summed E-state index contributed by atoms with van der Waals surface area (Å²) in [7, 11) is -2.89. The molecule has 1 aromatic carbocycles. The lowest BCUT2D eigenvalue weighted by Crippen LogP contribution is -2.20. The van der Waals surface area contributed by atoms with Gasteiger partial charge >= 0.3 is 0 Å². The maximum atomic E-state index is 11.3. The molecule has 1 aromatic rings. The number of nitro groups is 1. The molecule has 0 bridgehead atoms. The molecular formula is C7H10N2O3S. The van der Waals surface area contributed by atoms with Crippen LogP contribution in [0.25, 0.3) is 0 Å². The van der Waals surface area contributed by atoms with Crippen molar-refractivity contribution in [3.63, 3.8) is 0 Å². The number of nitrogens with two attached hydrogens (primary N) is 1. The van der Waals surface area contributed by atoms with E-state index in [4.69, 9.17) is 5.14 Å². The highest BCUT2D eigenvalue weighted by Crippen LogP contribution is 2.17. The summed E-state index contributed by atoms with van der Waals surface area (Å²) in [6.45, 7) is 0. The minimum atomic E-state index is -2.89. The predicted molar refractivity (Wildman–Crippen MR) is 51.0 cm³/mol. The largest absolute Gasteiger partial charge is 0.270 e. The first-order valence-corrected chi connectivity index (χ1v) is 5.74. The van der Waals surface area contributed by atoms with Crippen LogP contribution in [-0.4, -0.2) is 15.4 Å². The highest BCUT2D eigenvalue weighted by molar-refractivity contribution is 8.00. The molecule has 0 atom stereocenters. The Labute approximate surface area is 76.3 Å². The van der Waals surface area contributed by atoms with E-state index in [2.05, 4.69) is 0 Å². The van der Waals surface area contributed by atoms with Crippen LogP contribution in [0.2, 0.25) is 0 Å². The van der Waals surface area contributed by atoms with Crippen LogP contribution in [0.4, 0.5) is 5.69 Å². The fourth-order valence-corrected chi connectivity index (χ4v) is 1.65. The molecule has 1 rings (SSSR count). The lowest BCUT2D eigenvalue weighted by molar-refractivity contribution is -0.385. The minimum absolute atomic E-state index is 0.0926. The van der Waals surface area contributed by atoms with Crippen molar-refractivity contribution in [1.29, 1.82) is 0 Å². The van der Waals surface area contributed by atoms with Crippen molar-refractivity contribution in [3.05, 3.63) is 34.4 Å². The van der Waals surface area contributed by atoms with Crippen molar-refractivity contribution in [1.82, 2.24) is 0 Å². The molecule has 0 unspecified atom stereocenters. The van der Waals surface area contributed by atoms with Gasteiger partial charge in [-0.1, -0.05) is 6.07 Å². The number of nitrogens with zero attached hydrogens (tertiary/aromatic N) is 1. The van der Waals surface area contributed by atoms with Gasteiger partial charge < -0.3 is 0 Å². The molecule has 0 heterocycles. The summed E-state index contributed by atoms with van der Waals surface area (Å²) in [6, 6.07) is 5.56. The van der Waals surface area contributed by atoms with E-state index >= 15 is 0 Å². The maximum Gasteiger partial charge on any atom is 0.270 e. The highest BCUT2D eigenvalue weighted by Gasteiger charge is 2.10. The molecule has 0 aliphatic carbocycles. The van der Waals surface area contributed by atoms with E-state index in [-0.39, 0.29) is 5.69 Å². The summed E-state index contributed by atoms with van der Waals surface area (Å²) in [5.41, 5.74) is -0.0926. The van der Waals surface area contributed by atoms with Crippen LogP contribution in [0, 0.1) is 10.1 Å². The minimum Gasteiger partial charge on any atom is -0.270 e. The molecule has 0 aliphatic rings. The van der Waals surface area contributed by atoms with Gasteiger partial charge in [-0.3, -0.25) is 19.5 Å². The number of non-ortho nitro benzene ring substituents is 1. The Morgan fingerprint density at radius 1 is 1.54 bits per heavy atom. The number of hydrogen-bond acceptors (Lipinski definition) is 3. The molecule has 0 radical (unpaired) electrons. The van der Waals surface area contributed by atoms with E-state index in [1.165, 1.54) is 30.5 Å². The van der Waals surface area contributed by atoms with Gasteiger partial charge in [0.25, 0.3) is 5.69 Å². The van der Waals surface area contributed by atoms with Crippen LogP contribution < -0.4 is 5.14 Å². The first-order chi connectivity index (χ1) is 5.91. The van der Waals surface area contributed by atoms with Gasteiger partial charge in [0.1, 0.15) is 0 Å². The van der Waals surface area contributed by atoms with Crippen molar-refractivity contribution in [3.8, 4) is 0 Å². The zero-order valence-corrected chi connectivity index (χ0v) is 7.90. The highest BCUT2D eigenvalue weighted by atomic mass is 32.3. The van der Waals surface area contributed by atoms with Gasteiger partial charge in [-0.2, -0.15) is 0 Å². The second kappa shape index (κ2) is 3.23. The summed E-state index contributed by atoms with van der Waals surface area (Å²) in [5, 5.41) is 15.7. The molecule has 0 saturated carbocycles. The molecule has 0 aromatic heterocycles. The molecule has 2 N–H and O–H groups in total. The van der Waals surface area contributed by atoms with E-state index in [0.29, 0.717) is 4.90 Å². The number of hydrogen-bond donors (Lipinski definition) is 2. The van der Waals surface area contributed by atoms with Gasteiger partial charge in [-0.15, -0.1) is 0 Å². The Morgan fingerprint density at radius 2 is 2.15 bits per heavy atom. The second-order valence-electron chi connectivity index (χ2n) is 2.77. The summed E-state index contributed by atoms with van der Waals surface area (Å²) in [4.78, 5) is 10.1. The summed E-state index contributed by atoms with van der Waals surface area (Å²) in [5.74, 6) is 0. The molecule has 0 saturated heterocycles. The summed E-state index contributed by atoms with van der Waals surface area (Å²) in [6.07, 6.45) is 1.37. The van der Waals surface area contributed by atoms with Crippen molar-refractivity contribution in [2.24, 2.45) is 5.14 Å². The van der Waals surface area contributed by atoms with Crippen molar-refractivity contribution in [2.75, 3.05) is 6.26 Å². The normalized spacial score (nSPS) is 12.5. The number of benzene rings is 1. The van der Waals surface area contributed by atoms with Crippen LogP contribution in [-0.2, 0) is 10.1 Å². The van der Waals surface area contributed by atoms with E-state index < -0.39 is 15.0 Å². The monoisotopic (exact) mass is 202 g/mol. The fourth-order valence-electron chi connectivity index (χ4n) is 0.883. The lowest BCUT2D eigenvalue weighted by Gasteiger charge is -2.11. The molecule has 0 aliphatic heterocycles. The van der Waals surface area contributed by atoms with Gasteiger partial charge in [-0.05, 0) is 16.2 Å². The van der Waals surface area contributed by atoms with Gasteiger partial charge in [0.2, 0.25) is 0 Å². The first-order valence-electron chi connectivity index (χ1n) is 3.52. The standard InChI is InChI=1S/C7H10N2O3S/c1-13(8,12)7-4-2-3-6(5-7)9(10)11/h2-5,13H,1H3,(H2,8,12). The quantitative estimate of drug-likeness (QED) is 0.415. The van der Waals surface area contributed by atoms with Gasteiger partial charge in [0.15, 0.2) is 0 Å². The summed E-state index contributed by atoms with van der Waals surface area (Å²) >= 11 is 0. The van der Waals surface area contributed by atoms with Gasteiger partial charge in [-0.25, -0.2) is 0 Å². The molecule has 5 nitrogen and oxygen atoms in total. The molecular weight excluding hydrogens is 192 g/mol. The second-order valence-corrected chi connectivity index (χ2v) is 5.26. The average molecular weight is 202 g/mol. The van der Waals surface area contributed by atoms with E-state index in [0.717, 1.165) is 0 Å². The summed E-state index contributed by atoms with van der Waals surface area (Å²) < 4.78 is 11.3. The zero-order valence-electron chi connectivity index (χ0n) is 7.01. The lowest BCUT2D eigenvalue weighted by atomic mass is 10.3. The maximum absolute atomic E-state index is 11.3. The van der Waals surface area contributed by atoms with Crippen molar-refractivity contribution >= 4 is 15.8 Å². The Kier molecular flexibility index (Phi) is 2.44. The van der Waals surface area contributed by atoms with Crippen molar-refractivity contribution < 1.29 is 9.13 Å². The number of rotatable bonds is 2. The third-order valence-electron chi connectivity index (χ3n) is 1.55. The molecule has 0 spiro atoms. The predicted octanol–water partition coefficient (Wildman–Crippen LogP) is 0.474. The van der Waals surface area contributed by atoms with Gasteiger partial charge in [0.05, 0.1) is 4.92 Å². The van der Waals surface area contributed by atoms with E-state index in [1.807, 2.05) is 0 Å². The van der Waals surface area contributed by atoms with Crippen LogP contribution >= 0.6 is 0 Å². The molecule has 0 fully saturated rings. The number of thiol groups is 1. The Morgan fingerprint density at radius 3 is 2.62 bits per heavy atom. The molecule has 0 amide bonds. The van der Waals surface area contributed by atoms with Crippen LogP contribution in [0.15, 0.2) is 29.2 Å². The van der Waals surface area contributed by atoms with E-state index in [9.17, 15) is 14.3 Å². The van der Waals surface area contributed by atoms with Crippen LogP contribution in [0.3, 0.4) is 0 Å². The van der Waals surface area contributed by atoms with Gasteiger partial charge in [0, 0.05) is 23.3 Å². The Balaban J connectivity index is 3.21. The third-order valence-corrected chi connectivity index (χ3v) is 2.86. The topological polar surface area (TPSA) is 86.2 Å².